The molecule has 1 rings (SSSR count). The van der Waals surface area contributed by atoms with Gasteiger partial charge in [-0.2, -0.15) is 0 Å². The highest BCUT2D eigenvalue weighted by Gasteiger charge is 2.29. The van der Waals surface area contributed by atoms with E-state index in [1.807, 2.05) is 6.92 Å². The van der Waals surface area contributed by atoms with Crippen LogP contribution in [0.25, 0.3) is 0 Å². The van der Waals surface area contributed by atoms with Crippen LogP contribution in [0.3, 0.4) is 0 Å². The van der Waals surface area contributed by atoms with Crippen molar-refractivity contribution in [3.05, 3.63) is 0 Å². The van der Waals surface area contributed by atoms with E-state index in [0.717, 1.165) is 24.3 Å². The SMILES string of the molecule is CCCO.CNC1CCC1CC(C)C. The quantitative estimate of drug-likeness (QED) is 0.732. The summed E-state index contributed by atoms with van der Waals surface area (Å²) in [5.74, 6) is 1.85. The summed E-state index contributed by atoms with van der Waals surface area (Å²) in [5.41, 5.74) is 0. The fraction of sp³-hybridized carbons (Fsp3) is 1.00. The fourth-order valence-electron chi connectivity index (χ4n) is 1.84. The van der Waals surface area contributed by atoms with E-state index < -0.39 is 0 Å². The first-order valence-electron chi connectivity index (χ1n) is 5.93. The van der Waals surface area contributed by atoms with Gasteiger partial charge >= 0.3 is 0 Å². The highest BCUT2D eigenvalue weighted by atomic mass is 16.2. The van der Waals surface area contributed by atoms with Gasteiger partial charge in [-0.25, -0.2) is 0 Å². The summed E-state index contributed by atoms with van der Waals surface area (Å²) in [6.45, 7) is 6.87. The number of aliphatic hydroxyl groups excluding tert-OH is 1. The largest absolute Gasteiger partial charge is 0.396 e. The first-order chi connectivity index (χ1) is 6.65. The van der Waals surface area contributed by atoms with Crippen LogP contribution in [0.5, 0.6) is 0 Å². The third-order valence-corrected chi connectivity index (χ3v) is 2.79. The Hall–Kier alpha value is -0.0800. The molecule has 0 aromatic heterocycles. The second-order valence-electron chi connectivity index (χ2n) is 4.59. The molecule has 86 valence electrons. The minimum Gasteiger partial charge on any atom is -0.396 e. The predicted molar refractivity (Wildman–Crippen MR) is 62.4 cm³/mol. The zero-order valence-corrected chi connectivity index (χ0v) is 10.2. The highest BCUT2D eigenvalue weighted by Crippen LogP contribution is 2.32. The summed E-state index contributed by atoms with van der Waals surface area (Å²) >= 11 is 0. The summed E-state index contributed by atoms with van der Waals surface area (Å²) in [7, 11) is 2.08. The van der Waals surface area contributed by atoms with Crippen LogP contribution in [0.1, 0.15) is 46.5 Å². The van der Waals surface area contributed by atoms with Gasteiger partial charge in [-0.3, -0.25) is 0 Å². The molecule has 2 heteroatoms. The Labute approximate surface area is 89.1 Å². The minimum atomic E-state index is 0.319. The van der Waals surface area contributed by atoms with Crippen LogP contribution in [0.2, 0.25) is 0 Å². The van der Waals surface area contributed by atoms with Crippen LogP contribution in [-0.4, -0.2) is 24.8 Å². The molecular formula is C12H27NO. The molecular weight excluding hydrogens is 174 g/mol. The van der Waals surface area contributed by atoms with E-state index in [0.29, 0.717) is 6.61 Å². The van der Waals surface area contributed by atoms with Gasteiger partial charge in [0.25, 0.3) is 0 Å². The smallest absolute Gasteiger partial charge is 0.0428 e. The van der Waals surface area contributed by atoms with Crippen molar-refractivity contribution < 1.29 is 5.11 Å². The molecule has 1 aliphatic rings. The van der Waals surface area contributed by atoms with Crippen molar-refractivity contribution in [2.45, 2.75) is 52.5 Å². The maximum absolute atomic E-state index is 7.88. The Bertz CT molecular complexity index is 121. The Morgan fingerprint density at radius 3 is 2.14 bits per heavy atom. The van der Waals surface area contributed by atoms with Gasteiger partial charge in [-0.05, 0) is 44.6 Å². The number of aliphatic hydroxyl groups is 1. The summed E-state index contributed by atoms with van der Waals surface area (Å²) in [6, 6.07) is 0.836. The Morgan fingerprint density at radius 1 is 1.36 bits per heavy atom. The van der Waals surface area contributed by atoms with E-state index >= 15 is 0 Å². The zero-order valence-electron chi connectivity index (χ0n) is 10.2. The number of hydrogen-bond donors (Lipinski definition) is 2. The molecule has 0 amide bonds. The van der Waals surface area contributed by atoms with Gasteiger partial charge in [0.2, 0.25) is 0 Å². The Balaban J connectivity index is 0.000000364. The maximum atomic E-state index is 7.88. The van der Waals surface area contributed by atoms with E-state index in [-0.39, 0.29) is 0 Å². The van der Waals surface area contributed by atoms with E-state index in [1.165, 1.54) is 19.3 Å². The Morgan fingerprint density at radius 2 is 1.93 bits per heavy atom. The average Bonchev–Trinajstić information content (AvgIpc) is 2.14. The molecule has 1 saturated carbocycles. The summed E-state index contributed by atoms with van der Waals surface area (Å²) in [5, 5.41) is 11.2. The fourth-order valence-corrected chi connectivity index (χ4v) is 1.84. The molecule has 0 radical (unpaired) electrons. The van der Waals surface area contributed by atoms with Gasteiger partial charge in [-0.1, -0.05) is 20.8 Å². The van der Waals surface area contributed by atoms with Crippen molar-refractivity contribution in [3.8, 4) is 0 Å². The lowest BCUT2D eigenvalue weighted by Gasteiger charge is -2.37. The lowest BCUT2D eigenvalue weighted by molar-refractivity contribution is 0.188. The molecule has 0 aromatic carbocycles. The van der Waals surface area contributed by atoms with Crippen molar-refractivity contribution >= 4 is 0 Å². The van der Waals surface area contributed by atoms with Gasteiger partial charge in [0, 0.05) is 12.6 Å². The zero-order chi connectivity index (χ0) is 11.0. The van der Waals surface area contributed by atoms with Gasteiger partial charge in [0.15, 0.2) is 0 Å². The average molecular weight is 201 g/mol. The molecule has 2 unspecified atom stereocenters. The van der Waals surface area contributed by atoms with Crippen molar-refractivity contribution in [2.24, 2.45) is 11.8 Å². The second-order valence-corrected chi connectivity index (χ2v) is 4.59. The van der Waals surface area contributed by atoms with Gasteiger partial charge < -0.3 is 10.4 Å². The van der Waals surface area contributed by atoms with Crippen molar-refractivity contribution in [3.63, 3.8) is 0 Å². The molecule has 14 heavy (non-hydrogen) atoms. The van der Waals surface area contributed by atoms with Crippen LogP contribution in [0, 0.1) is 11.8 Å². The standard InChI is InChI=1S/C9H19N.C3H8O/c1-7(2)6-8-4-5-9(8)10-3;1-2-3-4/h7-10H,4-6H2,1-3H3;4H,2-3H2,1H3. The van der Waals surface area contributed by atoms with E-state index in [1.54, 1.807) is 0 Å². The van der Waals surface area contributed by atoms with Crippen LogP contribution < -0.4 is 5.32 Å². The number of nitrogens with one attached hydrogen (secondary N) is 1. The molecule has 0 heterocycles. The molecule has 0 bridgehead atoms. The van der Waals surface area contributed by atoms with Crippen LogP contribution in [0.15, 0.2) is 0 Å². The van der Waals surface area contributed by atoms with Crippen molar-refractivity contribution in [2.75, 3.05) is 13.7 Å². The van der Waals surface area contributed by atoms with Crippen molar-refractivity contribution in [1.82, 2.24) is 5.32 Å². The van der Waals surface area contributed by atoms with Gasteiger partial charge in [0.1, 0.15) is 0 Å². The number of hydrogen-bond acceptors (Lipinski definition) is 2. The summed E-state index contributed by atoms with van der Waals surface area (Å²) in [6.07, 6.45) is 5.13. The van der Waals surface area contributed by atoms with Crippen LogP contribution in [0.4, 0.5) is 0 Å². The highest BCUT2D eigenvalue weighted by molar-refractivity contribution is 4.85. The van der Waals surface area contributed by atoms with Gasteiger partial charge in [-0.15, -0.1) is 0 Å². The molecule has 0 saturated heterocycles. The normalized spacial score (nSPS) is 25.3. The summed E-state index contributed by atoms with van der Waals surface area (Å²) in [4.78, 5) is 0. The topological polar surface area (TPSA) is 32.3 Å². The third-order valence-electron chi connectivity index (χ3n) is 2.79. The van der Waals surface area contributed by atoms with E-state index in [4.69, 9.17) is 5.11 Å². The van der Waals surface area contributed by atoms with Gasteiger partial charge in [0.05, 0.1) is 0 Å². The molecule has 0 spiro atoms. The Kier molecular flexibility index (Phi) is 8.20. The number of rotatable bonds is 4. The first kappa shape index (κ1) is 13.9. The van der Waals surface area contributed by atoms with E-state index in [9.17, 15) is 0 Å². The van der Waals surface area contributed by atoms with E-state index in [2.05, 4.69) is 26.2 Å². The van der Waals surface area contributed by atoms with Crippen LogP contribution >= 0.6 is 0 Å². The maximum Gasteiger partial charge on any atom is 0.0428 e. The second kappa shape index (κ2) is 8.25. The lowest BCUT2D eigenvalue weighted by Crippen LogP contribution is -2.42. The monoisotopic (exact) mass is 201 g/mol. The first-order valence-corrected chi connectivity index (χ1v) is 5.93. The molecule has 2 nitrogen and oxygen atoms in total. The molecule has 0 aromatic rings. The predicted octanol–water partition coefficient (Wildman–Crippen LogP) is 2.42. The molecule has 2 N–H and O–H groups in total. The lowest BCUT2D eigenvalue weighted by atomic mass is 9.75. The molecule has 1 aliphatic carbocycles. The van der Waals surface area contributed by atoms with Crippen LogP contribution in [-0.2, 0) is 0 Å². The third kappa shape index (κ3) is 5.61. The molecule has 0 aliphatic heterocycles. The summed E-state index contributed by atoms with van der Waals surface area (Å²) < 4.78 is 0. The molecule has 1 fully saturated rings. The minimum absolute atomic E-state index is 0.319. The molecule has 2 atom stereocenters. The van der Waals surface area contributed by atoms with Crippen molar-refractivity contribution in [1.29, 1.82) is 0 Å².